The van der Waals surface area contributed by atoms with E-state index in [-0.39, 0.29) is 5.78 Å². The van der Waals surface area contributed by atoms with E-state index in [1.54, 1.807) is 0 Å². The molecule has 0 heterocycles. The van der Waals surface area contributed by atoms with Gasteiger partial charge in [0.2, 0.25) is 0 Å². The predicted octanol–water partition coefficient (Wildman–Crippen LogP) is 2.08. The van der Waals surface area contributed by atoms with Gasteiger partial charge < -0.3 is 0 Å². The molecular formula is C10H12O. The first kappa shape index (κ1) is 8.07. The maximum atomic E-state index is 11.2. The van der Waals surface area contributed by atoms with Crippen LogP contribution >= 0.6 is 0 Å². The van der Waals surface area contributed by atoms with E-state index in [1.807, 2.05) is 6.08 Å². The fourth-order valence-electron chi connectivity index (χ4n) is 1.27. The van der Waals surface area contributed by atoms with E-state index < -0.39 is 0 Å². The van der Waals surface area contributed by atoms with Crippen molar-refractivity contribution in [1.82, 2.24) is 0 Å². The molecule has 1 rings (SSSR count). The largest absolute Gasteiger partial charge is 0.295 e. The van der Waals surface area contributed by atoms with Gasteiger partial charge in [-0.1, -0.05) is 6.08 Å². The molecule has 58 valence electrons. The maximum Gasteiger partial charge on any atom is 0.159 e. The Morgan fingerprint density at radius 2 is 2.55 bits per heavy atom. The molecule has 1 heteroatoms. The van der Waals surface area contributed by atoms with Crippen LogP contribution in [-0.2, 0) is 4.79 Å². The second-order valence-electron chi connectivity index (χ2n) is 2.75. The lowest BCUT2D eigenvalue weighted by molar-refractivity contribution is -0.115. The Bertz CT molecular complexity index is 218. The quantitative estimate of drug-likeness (QED) is 0.560. The van der Waals surface area contributed by atoms with Gasteiger partial charge in [0, 0.05) is 12.8 Å². The molecule has 0 radical (unpaired) electrons. The molecule has 0 saturated carbocycles. The van der Waals surface area contributed by atoms with Gasteiger partial charge >= 0.3 is 0 Å². The molecule has 1 nitrogen and oxygen atoms in total. The molecule has 0 saturated heterocycles. The van der Waals surface area contributed by atoms with Crippen molar-refractivity contribution in [2.24, 2.45) is 0 Å². The lowest BCUT2D eigenvalue weighted by Gasteiger charge is -1.96. The highest BCUT2D eigenvalue weighted by Gasteiger charge is 2.11. The first-order valence-corrected chi connectivity index (χ1v) is 4.00. The Morgan fingerprint density at radius 3 is 3.09 bits per heavy atom. The van der Waals surface area contributed by atoms with Gasteiger partial charge in [-0.2, -0.15) is 0 Å². The smallest absolute Gasteiger partial charge is 0.159 e. The topological polar surface area (TPSA) is 17.1 Å². The number of Topliss-reactive ketones (excluding diaryl/α,β-unsaturated/α-hetero) is 1. The van der Waals surface area contributed by atoms with Gasteiger partial charge in [-0.15, -0.1) is 12.3 Å². The zero-order valence-electron chi connectivity index (χ0n) is 6.60. The molecule has 0 spiro atoms. The Morgan fingerprint density at radius 1 is 1.73 bits per heavy atom. The van der Waals surface area contributed by atoms with Gasteiger partial charge in [0.25, 0.3) is 0 Å². The van der Waals surface area contributed by atoms with E-state index in [2.05, 4.69) is 5.92 Å². The van der Waals surface area contributed by atoms with Crippen molar-refractivity contribution in [2.75, 3.05) is 0 Å². The number of terminal acetylenes is 1. The first-order chi connectivity index (χ1) is 5.34. The first-order valence-electron chi connectivity index (χ1n) is 4.00. The molecule has 0 bridgehead atoms. The van der Waals surface area contributed by atoms with Crippen LogP contribution in [0.2, 0.25) is 0 Å². The van der Waals surface area contributed by atoms with E-state index in [0.717, 1.165) is 24.8 Å². The lowest BCUT2D eigenvalue weighted by atomic mass is 10.1. The zero-order valence-corrected chi connectivity index (χ0v) is 6.60. The minimum absolute atomic E-state index is 0.250. The summed E-state index contributed by atoms with van der Waals surface area (Å²) in [5, 5.41) is 0. The zero-order chi connectivity index (χ0) is 8.10. The van der Waals surface area contributed by atoms with Crippen molar-refractivity contribution in [3.05, 3.63) is 11.6 Å². The summed E-state index contributed by atoms with van der Waals surface area (Å²) in [6.45, 7) is 0. The highest BCUT2D eigenvalue weighted by molar-refractivity contribution is 5.95. The van der Waals surface area contributed by atoms with Crippen LogP contribution < -0.4 is 0 Å². The summed E-state index contributed by atoms with van der Waals surface area (Å²) >= 11 is 0. The molecule has 0 unspecified atom stereocenters. The van der Waals surface area contributed by atoms with E-state index in [0.29, 0.717) is 12.8 Å². The van der Waals surface area contributed by atoms with Gasteiger partial charge in [0.05, 0.1) is 0 Å². The maximum absolute atomic E-state index is 11.2. The third-order valence-corrected chi connectivity index (χ3v) is 1.90. The van der Waals surface area contributed by atoms with Crippen LogP contribution in [0.25, 0.3) is 0 Å². The van der Waals surface area contributed by atoms with Crippen LogP contribution in [0, 0.1) is 12.3 Å². The number of ketones is 1. The Hall–Kier alpha value is -1.03. The molecule has 0 amide bonds. The van der Waals surface area contributed by atoms with Crippen LogP contribution in [0.3, 0.4) is 0 Å². The molecule has 0 aromatic rings. The number of rotatable bonds is 3. The molecule has 0 aromatic heterocycles. The molecular weight excluding hydrogens is 136 g/mol. The van der Waals surface area contributed by atoms with Gasteiger partial charge in [-0.05, 0) is 24.8 Å². The monoisotopic (exact) mass is 148 g/mol. The van der Waals surface area contributed by atoms with E-state index >= 15 is 0 Å². The van der Waals surface area contributed by atoms with Crippen molar-refractivity contribution in [3.63, 3.8) is 0 Å². The molecule has 0 N–H and O–H groups in total. The van der Waals surface area contributed by atoms with E-state index in [1.165, 1.54) is 0 Å². The van der Waals surface area contributed by atoms with Crippen LogP contribution in [0.5, 0.6) is 0 Å². The van der Waals surface area contributed by atoms with Gasteiger partial charge in [0.15, 0.2) is 5.78 Å². The number of hydrogen-bond acceptors (Lipinski definition) is 1. The van der Waals surface area contributed by atoms with Crippen LogP contribution in [-0.4, -0.2) is 5.78 Å². The van der Waals surface area contributed by atoms with E-state index in [4.69, 9.17) is 6.42 Å². The van der Waals surface area contributed by atoms with Crippen LogP contribution in [0.1, 0.15) is 32.1 Å². The predicted molar refractivity (Wildman–Crippen MR) is 45.0 cm³/mol. The normalized spacial score (nSPS) is 15.7. The summed E-state index contributed by atoms with van der Waals surface area (Å²) in [6.07, 6.45) is 11.4. The summed E-state index contributed by atoms with van der Waals surface area (Å²) in [5.41, 5.74) is 1.00. The summed E-state index contributed by atoms with van der Waals surface area (Å²) in [6, 6.07) is 0. The highest BCUT2D eigenvalue weighted by atomic mass is 16.1. The molecule has 0 aromatic carbocycles. The van der Waals surface area contributed by atoms with Crippen molar-refractivity contribution in [1.29, 1.82) is 0 Å². The Labute approximate surface area is 67.5 Å². The molecule has 0 fully saturated rings. The number of hydrogen-bond donors (Lipinski definition) is 0. The number of carbonyl (C=O) groups excluding carboxylic acids is 1. The number of carbonyl (C=O) groups is 1. The summed E-state index contributed by atoms with van der Waals surface area (Å²) in [5.74, 6) is 2.72. The van der Waals surface area contributed by atoms with Crippen molar-refractivity contribution in [2.45, 2.75) is 32.1 Å². The summed E-state index contributed by atoms with van der Waals surface area (Å²) < 4.78 is 0. The van der Waals surface area contributed by atoms with Crippen LogP contribution in [0.15, 0.2) is 11.6 Å². The van der Waals surface area contributed by atoms with Crippen molar-refractivity contribution < 1.29 is 4.79 Å². The molecule has 1 aliphatic carbocycles. The fourth-order valence-corrected chi connectivity index (χ4v) is 1.27. The highest BCUT2D eigenvalue weighted by Crippen LogP contribution is 2.19. The molecule has 11 heavy (non-hydrogen) atoms. The SMILES string of the molecule is C#CCCC(=O)C1=CCCC1. The van der Waals surface area contributed by atoms with Gasteiger partial charge in [-0.3, -0.25) is 4.79 Å². The Kier molecular flexibility index (Phi) is 2.92. The molecule has 0 aliphatic heterocycles. The average Bonchev–Trinajstić information content (AvgIpc) is 2.52. The van der Waals surface area contributed by atoms with E-state index in [9.17, 15) is 4.79 Å². The second-order valence-corrected chi connectivity index (χ2v) is 2.75. The minimum Gasteiger partial charge on any atom is -0.295 e. The third kappa shape index (κ3) is 2.23. The lowest BCUT2D eigenvalue weighted by Crippen LogP contribution is -1.98. The fraction of sp³-hybridized carbons (Fsp3) is 0.500. The number of allylic oxidation sites excluding steroid dienone is 2. The minimum atomic E-state index is 0.250. The summed E-state index contributed by atoms with van der Waals surface area (Å²) in [7, 11) is 0. The van der Waals surface area contributed by atoms with Gasteiger partial charge in [0.1, 0.15) is 0 Å². The Balaban J connectivity index is 2.36. The van der Waals surface area contributed by atoms with Crippen molar-refractivity contribution >= 4 is 5.78 Å². The summed E-state index contributed by atoms with van der Waals surface area (Å²) in [4.78, 5) is 11.2. The molecule has 1 aliphatic rings. The third-order valence-electron chi connectivity index (χ3n) is 1.90. The van der Waals surface area contributed by atoms with Gasteiger partial charge in [-0.25, -0.2) is 0 Å². The average molecular weight is 148 g/mol. The van der Waals surface area contributed by atoms with Crippen molar-refractivity contribution in [3.8, 4) is 12.3 Å². The van der Waals surface area contributed by atoms with Crippen LogP contribution in [0.4, 0.5) is 0 Å². The second kappa shape index (κ2) is 3.98. The standard InChI is InChI=1S/C10H12O/c1-2-3-8-10(11)9-6-4-5-7-9/h1,6H,3-5,7-8H2. The molecule has 0 atom stereocenters.